The lowest BCUT2D eigenvalue weighted by Crippen LogP contribution is -2.38. The summed E-state index contributed by atoms with van der Waals surface area (Å²) in [4.78, 5) is 0. The summed E-state index contributed by atoms with van der Waals surface area (Å²) in [6.45, 7) is 9.88. The Bertz CT molecular complexity index is 326. The maximum atomic E-state index is 5.89. The van der Waals surface area contributed by atoms with Crippen LogP contribution in [0.3, 0.4) is 0 Å². The zero-order valence-electron chi connectivity index (χ0n) is 11.7. The summed E-state index contributed by atoms with van der Waals surface area (Å²) >= 11 is 5.89. The van der Waals surface area contributed by atoms with Crippen molar-refractivity contribution in [2.75, 3.05) is 13.2 Å². The summed E-state index contributed by atoms with van der Waals surface area (Å²) in [5.41, 5.74) is 1.01. The quantitative estimate of drug-likeness (QED) is 0.706. The third kappa shape index (κ3) is 5.90. The van der Waals surface area contributed by atoms with Gasteiger partial charge in [-0.1, -0.05) is 51.4 Å². The van der Waals surface area contributed by atoms with Gasteiger partial charge in [0.05, 0.1) is 0 Å². The number of halogens is 1. The van der Waals surface area contributed by atoms with Crippen LogP contribution in [0, 0.1) is 11.8 Å². The lowest BCUT2D eigenvalue weighted by molar-refractivity contribution is 0.173. The summed E-state index contributed by atoms with van der Waals surface area (Å²) in [7, 11) is -0.299. The Kier molecular flexibility index (Phi) is 6.76. The first-order chi connectivity index (χ1) is 8.49. The molecule has 1 rings (SSSR count). The second-order valence-electron chi connectivity index (χ2n) is 5.34. The molecule has 0 spiro atoms. The van der Waals surface area contributed by atoms with Crippen LogP contribution in [0.1, 0.15) is 27.7 Å². The van der Waals surface area contributed by atoms with E-state index in [1.54, 1.807) is 0 Å². The molecule has 0 saturated carbocycles. The molecule has 0 saturated heterocycles. The third-order valence-corrected chi connectivity index (χ3v) is 2.56. The molecule has 0 atom stereocenters. The first kappa shape index (κ1) is 15.6. The summed E-state index contributed by atoms with van der Waals surface area (Å²) in [6.07, 6.45) is 0. The Morgan fingerprint density at radius 2 is 1.39 bits per heavy atom. The van der Waals surface area contributed by atoms with Crippen LogP contribution in [0.15, 0.2) is 24.3 Å². The molecule has 0 aliphatic heterocycles. The van der Waals surface area contributed by atoms with E-state index in [0.717, 1.165) is 10.5 Å². The topological polar surface area (TPSA) is 18.5 Å². The number of benzene rings is 1. The highest BCUT2D eigenvalue weighted by molar-refractivity contribution is 6.61. The van der Waals surface area contributed by atoms with Gasteiger partial charge in [0.15, 0.2) is 0 Å². The summed E-state index contributed by atoms with van der Waals surface area (Å²) in [5, 5.41) is 0.727. The predicted molar refractivity (Wildman–Crippen MR) is 78.4 cm³/mol. The van der Waals surface area contributed by atoms with Crippen molar-refractivity contribution in [1.82, 2.24) is 0 Å². The van der Waals surface area contributed by atoms with Crippen molar-refractivity contribution in [2.24, 2.45) is 11.8 Å². The molecule has 0 N–H and O–H groups in total. The van der Waals surface area contributed by atoms with E-state index in [9.17, 15) is 0 Å². The van der Waals surface area contributed by atoms with Crippen LogP contribution in [-0.4, -0.2) is 20.3 Å². The zero-order valence-corrected chi connectivity index (χ0v) is 12.4. The van der Waals surface area contributed by atoms with Gasteiger partial charge in [0.2, 0.25) is 0 Å². The molecule has 0 radical (unpaired) electrons. The van der Waals surface area contributed by atoms with Gasteiger partial charge in [-0.25, -0.2) is 0 Å². The fraction of sp³-hybridized carbons (Fsp3) is 0.571. The Morgan fingerprint density at radius 1 is 0.944 bits per heavy atom. The standard InChI is InChI=1S/C14H22BClO2/c1-11(2)9-17-15(18-10-12(3)4)13-5-7-14(16)8-6-13/h5-8,11-12H,9-10H2,1-4H3. The molecular weight excluding hydrogens is 246 g/mol. The van der Waals surface area contributed by atoms with Crippen molar-refractivity contribution < 1.29 is 9.31 Å². The van der Waals surface area contributed by atoms with E-state index in [1.807, 2.05) is 24.3 Å². The molecule has 1 aromatic rings. The first-order valence-electron chi connectivity index (χ1n) is 6.47. The minimum atomic E-state index is -0.299. The SMILES string of the molecule is CC(C)COB(OCC(C)C)c1ccc(Cl)cc1. The molecule has 0 aliphatic carbocycles. The molecule has 1 aromatic carbocycles. The predicted octanol–water partition coefficient (Wildman–Crippen LogP) is 3.38. The molecule has 4 heteroatoms. The van der Waals surface area contributed by atoms with E-state index >= 15 is 0 Å². The number of hydrogen-bond donors (Lipinski definition) is 0. The fourth-order valence-electron chi connectivity index (χ4n) is 1.42. The van der Waals surface area contributed by atoms with E-state index < -0.39 is 0 Å². The van der Waals surface area contributed by atoms with E-state index in [1.165, 1.54) is 0 Å². The highest BCUT2D eigenvalue weighted by Gasteiger charge is 2.22. The molecule has 0 heterocycles. The van der Waals surface area contributed by atoms with Crippen LogP contribution in [0.4, 0.5) is 0 Å². The van der Waals surface area contributed by atoms with Gasteiger partial charge in [-0.3, -0.25) is 0 Å². The number of rotatable bonds is 7. The molecule has 0 aliphatic rings. The molecule has 0 bridgehead atoms. The van der Waals surface area contributed by atoms with Crippen molar-refractivity contribution in [3.63, 3.8) is 0 Å². The van der Waals surface area contributed by atoms with Crippen LogP contribution >= 0.6 is 11.6 Å². The highest BCUT2D eigenvalue weighted by atomic mass is 35.5. The van der Waals surface area contributed by atoms with Crippen molar-refractivity contribution in [3.8, 4) is 0 Å². The van der Waals surface area contributed by atoms with E-state index in [4.69, 9.17) is 20.9 Å². The summed E-state index contributed by atoms with van der Waals surface area (Å²) in [5.74, 6) is 0.977. The monoisotopic (exact) mass is 268 g/mol. The summed E-state index contributed by atoms with van der Waals surface area (Å²) < 4.78 is 11.6. The average molecular weight is 269 g/mol. The summed E-state index contributed by atoms with van der Waals surface area (Å²) in [6, 6.07) is 7.63. The average Bonchev–Trinajstić information content (AvgIpc) is 2.30. The van der Waals surface area contributed by atoms with Crippen LogP contribution in [0.2, 0.25) is 5.02 Å². The smallest absolute Gasteiger partial charge is 0.407 e. The highest BCUT2D eigenvalue weighted by Crippen LogP contribution is 2.07. The fourth-order valence-corrected chi connectivity index (χ4v) is 1.55. The van der Waals surface area contributed by atoms with Gasteiger partial charge in [-0.05, 0) is 29.4 Å². The Hall–Kier alpha value is -0.505. The van der Waals surface area contributed by atoms with Crippen LogP contribution in [-0.2, 0) is 9.31 Å². The molecule has 0 amide bonds. The van der Waals surface area contributed by atoms with Gasteiger partial charge in [-0.15, -0.1) is 0 Å². The largest absolute Gasteiger partial charge is 0.493 e. The van der Waals surface area contributed by atoms with E-state index in [0.29, 0.717) is 25.0 Å². The third-order valence-electron chi connectivity index (χ3n) is 2.30. The van der Waals surface area contributed by atoms with E-state index in [2.05, 4.69) is 27.7 Å². The molecule has 18 heavy (non-hydrogen) atoms. The molecule has 0 aromatic heterocycles. The Labute approximate surface area is 116 Å². The second kappa shape index (κ2) is 7.83. The van der Waals surface area contributed by atoms with Crippen LogP contribution in [0.5, 0.6) is 0 Å². The second-order valence-corrected chi connectivity index (χ2v) is 5.77. The van der Waals surface area contributed by atoms with Crippen LogP contribution < -0.4 is 5.46 Å². The molecular formula is C14H22BClO2. The van der Waals surface area contributed by atoms with Crippen molar-refractivity contribution >= 4 is 24.2 Å². The van der Waals surface area contributed by atoms with Crippen LogP contribution in [0.25, 0.3) is 0 Å². The number of hydrogen-bond acceptors (Lipinski definition) is 2. The van der Waals surface area contributed by atoms with Gasteiger partial charge in [0.25, 0.3) is 0 Å². The molecule has 2 nitrogen and oxygen atoms in total. The van der Waals surface area contributed by atoms with Crippen molar-refractivity contribution in [1.29, 1.82) is 0 Å². The normalized spacial score (nSPS) is 11.3. The van der Waals surface area contributed by atoms with Gasteiger partial charge in [0.1, 0.15) is 0 Å². The van der Waals surface area contributed by atoms with Gasteiger partial charge in [-0.2, -0.15) is 0 Å². The van der Waals surface area contributed by atoms with Gasteiger partial charge >= 0.3 is 7.12 Å². The van der Waals surface area contributed by atoms with Gasteiger partial charge in [0, 0.05) is 18.2 Å². The molecule has 0 unspecified atom stereocenters. The lowest BCUT2D eigenvalue weighted by Gasteiger charge is -2.17. The molecule has 0 fully saturated rings. The zero-order chi connectivity index (χ0) is 13.5. The minimum absolute atomic E-state index is 0.299. The van der Waals surface area contributed by atoms with Crippen molar-refractivity contribution in [2.45, 2.75) is 27.7 Å². The molecule has 100 valence electrons. The minimum Gasteiger partial charge on any atom is -0.407 e. The van der Waals surface area contributed by atoms with Gasteiger partial charge < -0.3 is 9.31 Å². The Balaban J connectivity index is 2.66. The van der Waals surface area contributed by atoms with Crippen molar-refractivity contribution in [3.05, 3.63) is 29.3 Å². The maximum absolute atomic E-state index is 5.89. The van der Waals surface area contributed by atoms with E-state index in [-0.39, 0.29) is 7.12 Å². The maximum Gasteiger partial charge on any atom is 0.493 e. The first-order valence-corrected chi connectivity index (χ1v) is 6.85. The Morgan fingerprint density at radius 3 is 1.78 bits per heavy atom. The lowest BCUT2D eigenvalue weighted by atomic mass is 9.78.